The van der Waals surface area contributed by atoms with E-state index >= 15 is 0 Å². The minimum Gasteiger partial charge on any atom is -0.309 e. The van der Waals surface area contributed by atoms with E-state index in [1.807, 2.05) is 0 Å². The first-order valence-electron chi connectivity index (χ1n) is 18.5. The summed E-state index contributed by atoms with van der Waals surface area (Å²) in [6.45, 7) is 4.76. The predicted molar refractivity (Wildman–Crippen MR) is 224 cm³/mol. The van der Waals surface area contributed by atoms with Gasteiger partial charge in [0.1, 0.15) is 0 Å². The van der Waals surface area contributed by atoms with Gasteiger partial charge in [-0.05, 0) is 87.0 Å². The van der Waals surface area contributed by atoms with E-state index in [1.165, 1.54) is 93.8 Å². The number of benzene rings is 8. The second kappa shape index (κ2) is 11.2. The maximum atomic E-state index is 2.53. The summed E-state index contributed by atoms with van der Waals surface area (Å²) in [7, 11) is 0. The lowest BCUT2D eigenvalue weighted by Gasteiger charge is -2.25. The van der Waals surface area contributed by atoms with Crippen molar-refractivity contribution >= 4 is 43.6 Å². The molecule has 2 nitrogen and oxygen atoms in total. The smallest absolute Gasteiger partial charge is 0.0548 e. The second-order valence-electron chi connectivity index (χ2n) is 15.0. The Hall–Kier alpha value is -6.64. The van der Waals surface area contributed by atoms with Gasteiger partial charge in [-0.1, -0.05) is 153 Å². The topological polar surface area (TPSA) is 9.86 Å². The number of nitrogens with zero attached hydrogens (tertiary/aromatic N) is 2. The maximum Gasteiger partial charge on any atom is 0.0548 e. The Bertz CT molecular complexity index is 3060. The normalized spacial score (nSPS) is 13.2. The molecule has 11 rings (SSSR count). The van der Waals surface area contributed by atoms with Crippen molar-refractivity contribution in [1.82, 2.24) is 9.13 Å². The van der Waals surface area contributed by atoms with E-state index in [2.05, 4.69) is 205 Å². The molecule has 0 saturated heterocycles. The molecule has 0 spiro atoms. The van der Waals surface area contributed by atoms with E-state index in [0.717, 1.165) is 5.69 Å². The zero-order chi connectivity index (χ0) is 35.3. The fourth-order valence-electron chi connectivity index (χ4n) is 9.28. The number of hydrogen-bond donors (Lipinski definition) is 0. The van der Waals surface area contributed by atoms with Crippen molar-refractivity contribution in [2.75, 3.05) is 0 Å². The standard InChI is InChI=1S/C51H36N2/c1-51(2)44-22-9-6-18-38(44)41-21-13-25-47(50(41)51)53-46-24-11-8-20-40(46)43-31-48-42(32-49(43)53)39-19-7-10-23-45(39)52(48)37-17-12-16-36(30-37)35-28-26-34(27-29-35)33-14-4-3-5-15-33/h3-32H,1-2H3. The van der Waals surface area contributed by atoms with Gasteiger partial charge in [0.2, 0.25) is 0 Å². The molecule has 8 aromatic carbocycles. The average molecular weight is 677 g/mol. The molecule has 2 aromatic heterocycles. The van der Waals surface area contributed by atoms with Gasteiger partial charge in [0.05, 0.1) is 27.8 Å². The highest BCUT2D eigenvalue weighted by Crippen LogP contribution is 2.52. The van der Waals surface area contributed by atoms with Crippen LogP contribution in [0.25, 0.3) is 88.4 Å². The predicted octanol–water partition coefficient (Wildman–Crippen LogP) is 13.5. The molecule has 0 saturated carbocycles. The van der Waals surface area contributed by atoms with Gasteiger partial charge in [-0.3, -0.25) is 0 Å². The minimum atomic E-state index is -0.132. The summed E-state index contributed by atoms with van der Waals surface area (Å²) >= 11 is 0. The van der Waals surface area contributed by atoms with Crippen LogP contribution in [0.5, 0.6) is 0 Å². The summed E-state index contributed by atoms with van der Waals surface area (Å²) in [6, 6.07) is 67.0. The molecule has 53 heavy (non-hydrogen) atoms. The SMILES string of the molecule is CC1(C)c2ccccc2-c2cccc(-n3c4ccccc4c4cc5c(cc43)c3ccccc3n5-c3cccc(-c4ccc(-c5ccccc5)cc4)c3)c21. The Labute approximate surface area is 308 Å². The van der Waals surface area contributed by atoms with Crippen LogP contribution in [-0.2, 0) is 5.41 Å². The van der Waals surface area contributed by atoms with Crippen LogP contribution >= 0.6 is 0 Å². The van der Waals surface area contributed by atoms with Crippen molar-refractivity contribution < 1.29 is 0 Å². The third kappa shape index (κ3) is 4.33. The Morgan fingerprint density at radius 3 is 1.62 bits per heavy atom. The second-order valence-corrected chi connectivity index (χ2v) is 15.0. The molecule has 10 aromatic rings. The summed E-state index contributed by atoms with van der Waals surface area (Å²) in [5, 5.41) is 5.03. The summed E-state index contributed by atoms with van der Waals surface area (Å²) < 4.78 is 4.99. The lowest BCUT2D eigenvalue weighted by atomic mass is 9.81. The van der Waals surface area contributed by atoms with Crippen molar-refractivity contribution in [3.8, 4) is 44.8 Å². The van der Waals surface area contributed by atoms with Crippen LogP contribution in [0.2, 0.25) is 0 Å². The van der Waals surface area contributed by atoms with E-state index in [-0.39, 0.29) is 5.41 Å². The number of fused-ring (bicyclic) bond motifs is 9. The van der Waals surface area contributed by atoms with Crippen molar-refractivity contribution in [2.24, 2.45) is 0 Å². The van der Waals surface area contributed by atoms with Gasteiger partial charge in [0, 0.05) is 32.6 Å². The van der Waals surface area contributed by atoms with Gasteiger partial charge in [-0.25, -0.2) is 0 Å². The molecule has 1 aliphatic carbocycles. The summed E-state index contributed by atoms with van der Waals surface area (Å²) in [4.78, 5) is 0. The van der Waals surface area contributed by atoms with Crippen LogP contribution in [0.1, 0.15) is 25.0 Å². The van der Waals surface area contributed by atoms with Crippen LogP contribution in [0.3, 0.4) is 0 Å². The Balaban J connectivity index is 1.14. The van der Waals surface area contributed by atoms with Crippen molar-refractivity contribution in [3.05, 3.63) is 193 Å². The first-order chi connectivity index (χ1) is 26.1. The van der Waals surface area contributed by atoms with Gasteiger partial charge >= 0.3 is 0 Å². The molecule has 1 aliphatic rings. The van der Waals surface area contributed by atoms with E-state index in [9.17, 15) is 0 Å². The number of aromatic nitrogens is 2. The summed E-state index contributed by atoms with van der Waals surface area (Å²) in [6.07, 6.45) is 0. The van der Waals surface area contributed by atoms with Crippen LogP contribution in [0, 0.1) is 0 Å². The number of para-hydroxylation sites is 2. The fraction of sp³-hybridized carbons (Fsp3) is 0.0588. The molecule has 0 radical (unpaired) electrons. The van der Waals surface area contributed by atoms with Crippen molar-refractivity contribution in [1.29, 1.82) is 0 Å². The number of rotatable bonds is 4. The lowest BCUT2D eigenvalue weighted by Crippen LogP contribution is -2.18. The third-order valence-electron chi connectivity index (χ3n) is 11.7. The van der Waals surface area contributed by atoms with Gasteiger partial charge in [-0.2, -0.15) is 0 Å². The molecule has 0 atom stereocenters. The van der Waals surface area contributed by atoms with Gasteiger partial charge in [0.25, 0.3) is 0 Å². The highest BCUT2D eigenvalue weighted by atomic mass is 15.0. The molecular formula is C51H36N2. The molecular weight excluding hydrogens is 641 g/mol. The van der Waals surface area contributed by atoms with Crippen LogP contribution in [0.4, 0.5) is 0 Å². The quantitative estimate of drug-likeness (QED) is 0.176. The van der Waals surface area contributed by atoms with Crippen LogP contribution in [0.15, 0.2) is 182 Å². The largest absolute Gasteiger partial charge is 0.309 e. The first kappa shape index (κ1) is 30.0. The van der Waals surface area contributed by atoms with E-state index < -0.39 is 0 Å². The monoisotopic (exact) mass is 676 g/mol. The van der Waals surface area contributed by atoms with Gasteiger partial charge in [0.15, 0.2) is 0 Å². The lowest BCUT2D eigenvalue weighted by molar-refractivity contribution is 0.656. The Morgan fingerprint density at radius 1 is 0.358 bits per heavy atom. The molecule has 0 aliphatic heterocycles. The van der Waals surface area contributed by atoms with E-state index in [4.69, 9.17) is 0 Å². The van der Waals surface area contributed by atoms with E-state index in [1.54, 1.807) is 0 Å². The molecule has 250 valence electrons. The van der Waals surface area contributed by atoms with Crippen LogP contribution < -0.4 is 0 Å². The zero-order valence-electron chi connectivity index (χ0n) is 29.7. The maximum absolute atomic E-state index is 2.53. The van der Waals surface area contributed by atoms with E-state index in [0.29, 0.717) is 0 Å². The van der Waals surface area contributed by atoms with Gasteiger partial charge < -0.3 is 9.13 Å². The zero-order valence-corrected chi connectivity index (χ0v) is 29.7. The average Bonchev–Trinajstić information content (AvgIpc) is 3.80. The third-order valence-corrected chi connectivity index (χ3v) is 11.7. The van der Waals surface area contributed by atoms with Gasteiger partial charge in [-0.15, -0.1) is 0 Å². The first-order valence-corrected chi connectivity index (χ1v) is 18.5. The summed E-state index contributed by atoms with van der Waals surface area (Å²) in [5.41, 5.74) is 17.5. The Kier molecular flexibility index (Phi) is 6.33. The minimum absolute atomic E-state index is 0.132. The number of hydrogen-bond acceptors (Lipinski definition) is 0. The molecule has 0 amide bonds. The van der Waals surface area contributed by atoms with Crippen molar-refractivity contribution in [3.63, 3.8) is 0 Å². The molecule has 2 heterocycles. The molecule has 2 heteroatoms. The molecule has 0 bridgehead atoms. The Morgan fingerprint density at radius 2 is 0.887 bits per heavy atom. The molecule has 0 fully saturated rings. The fourth-order valence-corrected chi connectivity index (χ4v) is 9.28. The highest BCUT2D eigenvalue weighted by molar-refractivity contribution is 6.19. The van der Waals surface area contributed by atoms with Crippen molar-refractivity contribution in [2.45, 2.75) is 19.3 Å². The molecule has 0 unspecified atom stereocenters. The van der Waals surface area contributed by atoms with Crippen LogP contribution in [-0.4, -0.2) is 9.13 Å². The molecule has 0 N–H and O–H groups in total. The highest BCUT2D eigenvalue weighted by Gasteiger charge is 2.38. The summed E-state index contributed by atoms with van der Waals surface area (Å²) in [5.74, 6) is 0.